The van der Waals surface area contributed by atoms with Gasteiger partial charge in [0.25, 0.3) is 5.91 Å². The number of aromatic nitrogens is 1. The topological polar surface area (TPSA) is 42.0 Å². The molecule has 98 valence electrons. The van der Waals surface area contributed by atoms with Gasteiger partial charge in [0.2, 0.25) is 0 Å². The number of nitrogens with zero attached hydrogens (tertiary/aromatic N) is 1. The van der Waals surface area contributed by atoms with E-state index in [-0.39, 0.29) is 11.9 Å². The molecule has 1 aliphatic carbocycles. The molecule has 3 nitrogen and oxygen atoms in total. The van der Waals surface area contributed by atoms with Crippen molar-refractivity contribution >= 4 is 29.3 Å². The smallest absolute Gasteiger partial charge is 0.270 e. The van der Waals surface area contributed by atoms with E-state index in [1.807, 2.05) is 11.8 Å². The van der Waals surface area contributed by atoms with E-state index in [4.69, 9.17) is 11.6 Å². The van der Waals surface area contributed by atoms with Crippen molar-refractivity contribution in [2.24, 2.45) is 0 Å². The number of thioether (sulfide) groups is 1. The number of rotatable bonds is 3. The summed E-state index contributed by atoms with van der Waals surface area (Å²) in [6.07, 6.45) is 8.23. The largest absolute Gasteiger partial charge is 0.348 e. The molecule has 1 heterocycles. The number of hydrogen-bond acceptors (Lipinski definition) is 3. The van der Waals surface area contributed by atoms with E-state index in [0.717, 1.165) is 12.8 Å². The van der Waals surface area contributed by atoms with Gasteiger partial charge in [-0.05, 0) is 37.7 Å². The highest BCUT2D eigenvalue weighted by atomic mass is 35.5. The fourth-order valence-corrected chi connectivity index (χ4v) is 3.27. The number of amides is 1. The molecule has 1 aromatic rings. The van der Waals surface area contributed by atoms with Crippen molar-refractivity contribution in [3.8, 4) is 0 Å². The van der Waals surface area contributed by atoms with Crippen LogP contribution in [0.1, 0.15) is 36.2 Å². The first kappa shape index (κ1) is 13.7. The summed E-state index contributed by atoms with van der Waals surface area (Å²) in [6.45, 7) is 0. The molecule has 0 aliphatic heterocycles. The maximum absolute atomic E-state index is 12.0. The van der Waals surface area contributed by atoms with Gasteiger partial charge in [0.15, 0.2) is 0 Å². The van der Waals surface area contributed by atoms with Crippen LogP contribution in [-0.2, 0) is 0 Å². The van der Waals surface area contributed by atoms with E-state index >= 15 is 0 Å². The first-order valence-electron chi connectivity index (χ1n) is 6.14. The SMILES string of the molecule is CSC1CCCC(NC(=O)c2cc(Cl)ccn2)C1. The molecular formula is C13H17ClN2OS. The lowest BCUT2D eigenvalue weighted by molar-refractivity contribution is 0.0923. The minimum atomic E-state index is -0.121. The summed E-state index contributed by atoms with van der Waals surface area (Å²) in [7, 11) is 0. The fraction of sp³-hybridized carbons (Fsp3) is 0.538. The molecular weight excluding hydrogens is 268 g/mol. The summed E-state index contributed by atoms with van der Waals surface area (Å²) in [6, 6.07) is 3.54. The van der Waals surface area contributed by atoms with Crippen LogP contribution in [0.25, 0.3) is 0 Å². The molecule has 1 N–H and O–H groups in total. The predicted molar refractivity (Wildman–Crippen MR) is 76.3 cm³/mol. The summed E-state index contributed by atoms with van der Waals surface area (Å²) in [5, 5.41) is 4.26. The second-order valence-corrected chi connectivity index (χ2v) is 6.13. The number of pyridine rings is 1. The third-order valence-electron chi connectivity index (χ3n) is 3.25. The first-order valence-corrected chi connectivity index (χ1v) is 7.81. The Balaban J connectivity index is 1.95. The lowest BCUT2D eigenvalue weighted by atomic mass is 9.95. The maximum Gasteiger partial charge on any atom is 0.270 e. The monoisotopic (exact) mass is 284 g/mol. The van der Waals surface area contributed by atoms with Crippen LogP contribution < -0.4 is 5.32 Å². The summed E-state index contributed by atoms with van der Waals surface area (Å²) >= 11 is 7.74. The molecule has 1 saturated carbocycles. The van der Waals surface area contributed by atoms with E-state index in [1.165, 1.54) is 12.8 Å². The lowest BCUT2D eigenvalue weighted by Crippen LogP contribution is -2.39. The van der Waals surface area contributed by atoms with Gasteiger partial charge in [0, 0.05) is 22.5 Å². The zero-order valence-corrected chi connectivity index (χ0v) is 11.9. The standard InChI is InChI=1S/C13H17ClN2OS/c1-18-11-4-2-3-10(8-11)16-13(17)12-7-9(14)5-6-15-12/h5-7,10-11H,2-4,8H2,1H3,(H,16,17). The average Bonchev–Trinajstić information content (AvgIpc) is 2.39. The number of halogens is 1. The number of nitrogens with one attached hydrogen (secondary N) is 1. The van der Waals surface area contributed by atoms with Crippen molar-refractivity contribution in [1.29, 1.82) is 0 Å². The molecule has 2 unspecified atom stereocenters. The summed E-state index contributed by atoms with van der Waals surface area (Å²) in [4.78, 5) is 16.1. The van der Waals surface area contributed by atoms with Crippen LogP contribution in [-0.4, -0.2) is 28.4 Å². The normalized spacial score (nSPS) is 23.7. The van der Waals surface area contributed by atoms with E-state index in [2.05, 4.69) is 16.6 Å². The fourth-order valence-electron chi connectivity index (χ4n) is 2.28. The van der Waals surface area contributed by atoms with Gasteiger partial charge in [0.05, 0.1) is 0 Å². The zero-order chi connectivity index (χ0) is 13.0. The quantitative estimate of drug-likeness (QED) is 0.927. The highest BCUT2D eigenvalue weighted by molar-refractivity contribution is 7.99. The highest BCUT2D eigenvalue weighted by Gasteiger charge is 2.23. The van der Waals surface area contributed by atoms with Crippen LogP contribution in [0, 0.1) is 0 Å². The first-order chi connectivity index (χ1) is 8.69. The Bertz CT molecular complexity index is 427. The van der Waals surface area contributed by atoms with Crippen LogP contribution in [0.4, 0.5) is 0 Å². The predicted octanol–water partition coefficient (Wildman–Crippen LogP) is 3.14. The third-order valence-corrected chi connectivity index (χ3v) is 4.58. The highest BCUT2D eigenvalue weighted by Crippen LogP contribution is 2.27. The summed E-state index contributed by atoms with van der Waals surface area (Å²) in [5.74, 6) is -0.121. The molecule has 1 amide bonds. The van der Waals surface area contributed by atoms with Crippen molar-refractivity contribution in [3.63, 3.8) is 0 Å². The maximum atomic E-state index is 12.0. The molecule has 1 aromatic heterocycles. The molecule has 0 aromatic carbocycles. The molecule has 0 spiro atoms. The van der Waals surface area contributed by atoms with Crippen LogP contribution in [0.15, 0.2) is 18.3 Å². The Morgan fingerprint density at radius 3 is 3.11 bits per heavy atom. The van der Waals surface area contributed by atoms with Gasteiger partial charge < -0.3 is 5.32 Å². The second kappa shape index (κ2) is 6.43. The van der Waals surface area contributed by atoms with Crippen molar-refractivity contribution in [2.45, 2.75) is 37.0 Å². The molecule has 0 radical (unpaired) electrons. The van der Waals surface area contributed by atoms with Crippen molar-refractivity contribution in [1.82, 2.24) is 10.3 Å². The summed E-state index contributed by atoms with van der Waals surface area (Å²) < 4.78 is 0. The van der Waals surface area contributed by atoms with Gasteiger partial charge in [-0.1, -0.05) is 18.0 Å². The Kier molecular flexibility index (Phi) is 4.89. The van der Waals surface area contributed by atoms with Gasteiger partial charge >= 0.3 is 0 Å². The van der Waals surface area contributed by atoms with Crippen LogP contribution in [0.2, 0.25) is 5.02 Å². The van der Waals surface area contributed by atoms with Gasteiger partial charge in [-0.25, -0.2) is 0 Å². The Hall–Kier alpha value is -0.740. The van der Waals surface area contributed by atoms with Crippen LogP contribution >= 0.6 is 23.4 Å². The molecule has 5 heteroatoms. The molecule has 0 bridgehead atoms. The van der Waals surface area contributed by atoms with Crippen LogP contribution in [0.5, 0.6) is 0 Å². The zero-order valence-electron chi connectivity index (χ0n) is 10.4. The number of hydrogen-bond donors (Lipinski definition) is 1. The van der Waals surface area contributed by atoms with Gasteiger partial charge in [-0.3, -0.25) is 9.78 Å². The molecule has 0 saturated heterocycles. The minimum Gasteiger partial charge on any atom is -0.348 e. The molecule has 2 rings (SSSR count). The van der Waals surface area contributed by atoms with Crippen molar-refractivity contribution < 1.29 is 4.79 Å². The van der Waals surface area contributed by atoms with Crippen molar-refractivity contribution in [2.75, 3.05) is 6.26 Å². The Morgan fingerprint density at radius 1 is 1.56 bits per heavy atom. The Labute approximate surface area is 117 Å². The average molecular weight is 285 g/mol. The minimum absolute atomic E-state index is 0.121. The molecule has 18 heavy (non-hydrogen) atoms. The van der Waals surface area contributed by atoms with E-state index in [9.17, 15) is 4.79 Å². The van der Waals surface area contributed by atoms with E-state index in [1.54, 1.807) is 18.3 Å². The van der Waals surface area contributed by atoms with Gasteiger partial charge in [-0.15, -0.1) is 0 Å². The molecule has 1 fully saturated rings. The van der Waals surface area contributed by atoms with Gasteiger partial charge in [0.1, 0.15) is 5.69 Å². The van der Waals surface area contributed by atoms with Gasteiger partial charge in [-0.2, -0.15) is 11.8 Å². The summed E-state index contributed by atoms with van der Waals surface area (Å²) in [5.41, 5.74) is 0.397. The van der Waals surface area contributed by atoms with Crippen molar-refractivity contribution in [3.05, 3.63) is 29.0 Å². The third kappa shape index (κ3) is 3.62. The van der Waals surface area contributed by atoms with Crippen LogP contribution in [0.3, 0.4) is 0 Å². The van der Waals surface area contributed by atoms with E-state index < -0.39 is 0 Å². The number of carbonyl (C=O) groups is 1. The number of carbonyl (C=O) groups excluding carboxylic acids is 1. The second-order valence-electron chi connectivity index (χ2n) is 4.55. The molecule has 1 aliphatic rings. The Morgan fingerprint density at radius 2 is 2.39 bits per heavy atom. The van der Waals surface area contributed by atoms with E-state index in [0.29, 0.717) is 16.0 Å². The lowest BCUT2D eigenvalue weighted by Gasteiger charge is -2.28. The molecule has 2 atom stereocenters.